The van der Waals surface area contributed by atoms with Gasteiger partial charge in [-0.2, -0.15) is 0 Å². The molecule has 1 heterocycles. The summed E-state index contributed by atoms with van der Waals surface area (Å²) in [5.41, 5.74) is 2.16. The summed E-state index contributed by atoms with van der Waals surface area (Å²) in [7, 11) is 0. The Labute approximate surface area is 96.6 Å². The van der Waals surface area contributed by atoms with Crippen LogP contribution in [0.25, 0.3) is 0 Å². The van der Waals surface area contributed by atoms with Gasteiger partial charge in [0.2, 0.25) is 0 Å². The van der Waals surface area contributed by atoms with Gasteiger partial charge in [0.15, 0.2) is 0 Å². The zero-order valence-corrected chi connectivity index (χ0v) is 9.65. The van der Waals surface area contributed by atoms with Crippen LogP contribution < -0.4 is 0 Å². The van der Waals surface area contributed by atoms with E-state index >= 15 is 0 Å². The number of benzene rings is 1. The van der Waals surface area contributed by atoms with E-state index < -0.39 is 0 Å². The van der Waals surface area contributed by atoms with E-state index in [0.717, 1.165) is 31.5 Å². The number of hydrogen-bond donors (Lipinski definition) is 0. The summed E-state index contributed by atoms with van der Waals surface area (Å²) in [5.74, 6) is 0.152. The van der Waals surface area contributed by atoms with Crippen LogP contribution in [0, 0.1) is 0 Å². The average molecular weight is 215 g/mol. The van der Waals surface area contributed by atoms with Crippen LogP contribution in [0.3, 0.4) is 0 Å². The van der Waals surface area contributed by atoms with E-state index in [-0.39, 0.29) is 5.91 Å². The fourth-order valence-electron chi connectivity index (χ4n) is 2.01. The molecule has 16 heavy (non-hydrogen) atoms. The minimum absolute atomic E-state index is 0.152. The molecule has 0 saturated carbocycles. The summed E-state index contributed by atoms with van der Waals surface area (Å²) in [6, 6.07) is 9.52. The van der Waals surface area contributed by atoms with Gasteiger partial charge in [-0.1, -0.05) is 36.8 Å². The highest BCUT2D eigenvalue weighted by atomic mass is 16.2. The molecule has 2 rings (SSSR count). The lowest BCUT2D eigenvalue weighted by molar-refractivity contribution is 0.0765. The number of amides is 1. The van der Waals surface area contributed by atoms with E-state index in [1.165, 1.54) is 5.57 Å². The molecule has 1 aromatic rings. The summed E-state index contributed by atoms with van der Waals surface area (Å²) >= 11 is 0. The maximum atomic E-state index is 12.2. The minimum atomic E-state index is 0.152. The Morgan fingerprint density at radius 1 is 1.31 bits per heavy atom. The van der Waals surface area contributed by atoms with Crippen molar-refractivity contribution < 1.29 is 4.79 Å². The first-order chi connectivity index (χ1) is 7.81. The molecular formula is C14H17NO. The van der Waals surface area contributed by atoms with Gasteiger partial charge < -0.3 is 4.90 Å². The highest BCUT2D eigenvalue weighted by molar-refractivity contribution is 5.94. The van der Waals surface area contributed by atoms with E-state index in [9.17, 15) is 4.79 Å². The summed E-state index contributed by atoms with van der Waals surface area (Å²) in [4.78, 5) is 14.1. The molecule has 1 aliphatic rings. The largest absolute Gasteiger partial charge is 0.334 e. The van der Waals surface area contributed by atoms with Gasteiger partial charge in [0.05, 0.1) is 0 Å². The maximum Gasteiger partial charge on any atom is 0.254 e. The fourth-order valence-corrected chi connectivity index (χ4v) is 2.01. The zero-order chi connectivity index (χ0) is 11.4. The first-order valence-corrected chi connectivity index (χ1v) is 5.83. The van der Waals surface area contributed by atoms with Gasteiger partial charge in [-0.25, -0.2) is 0 Å². The molecule has 0 radical (unpaired) electrons. The van der Waals surface area contributed by atoms with Gasteiger partial charge in [0.25, 0.3) is 5.91 Å². The van der Waals surface area contributed by atoms with Crippen LogP contribution in [0.15, 0.2) is 42.0 Å². The van der Waals surface area contributed by atoms with Gasteiger partial charge >= 0.3 is 0 Å². The third-order valence-electron chi connectivity index (χ3n) is 2.99. The van der Waals surface area contributed by atoms with Crippen molar-refractivity contribution in [3.63, 3.8) is 0 Å². The third kappa shape index (κ3) is 2.32. The lowest BCUT2D eigenvalue weighted by atomic mass is 10.1. The van der Waals surface area contributed by atoms with Crippen LogP contribution >= 0.6 is 0 Å². The van der Waals surface area contributed by atoms with Crippen molar-refractivity contribution in [1.82, 2.24) is 4.90 Å². The second-order valence-corrected chi connectivity index (χ2v) is 4.10. The van der Waals surface area contributed by atoms with Crippen LogP contribution in [-0.4, -0.2) is 23.9 Å². The predicted molar refractivity (Wildman–Crippen MR) is 65.3 cm³/mol. The molecule has 0 aromatic heterocycles. The molecule has 1 aromatic carbocycles. The maximum absolute atomic E-state index is 12.2. The second-order valence-electron chi connectivity index (χ2n) is 4.10. The topological polar surface area (TPSA) is 20.3 Å². The predicted octanol–water partition coefficient (Wildman–Crippen LogP) is 2.87. The highest BCUT2D eigenvalue weighted by Gasteiger charge is 2.18. The summed E-state index contributed by atoms with van der Waals surface area (Å²) in [5, 5.41) is 0. The number of carbonyl (C=O) groups is 1. The summed E-state index contributed by atoms with van der Waals surface area (Å²) in [6.07, 6.45) is 4.29. The Balaban J connectivity index is 2.09. The van der Waals surface area contributed by atoms with Gasteiger partial charge in [-0.15, -0.1) is 0 Å². The Morgan fingerprint density at radius 3 is 2.75 bits per heavy atom. The van der Waals surface area contributed by atoms with Crippen molar-refractivity contribution in [1.29, 1.82) is 0 Å². The van der Waals surface area contributed by atoms with Gasteiger partial charge in [0, 0.05) is 18.7 Å². The smallest absolute Gasteiger partial charge is 0.254 e. The van der Waals surface area contributed by atoms with Gasteiger partial charge in [-0.05, 0) is 25.0 Å². The number of hydrogen-bond acceptors (Lipinski definition) is 1. The Bertz CT molecular complexity index is 394. The highest BCUT2D eigenvalue weighted by Crippen LogP contribution is 2.15. The Hall–Kier alpha value is -1.57. The van der Waals surface area contributed by atoms with E-state index in [1.54, 1.807) is 0 Å². The molecule has 1 amide bonds. The Morgan fingerprint density at radius 2 is 2.06 bits per heavy atom. The van der Waals surface area contributed by atoms with E-state index in [4.69, 9.17) is 0 Å². The van der Waals surface area contributed by atoms with Crippen molar-refractivity contribution in [3.05, 3.63) is 47.5 Å². The molecule has 0 N–H and O–H groups in total. The zero-order valence-electron chi connectivity index (χ0n) is 9.65. The molecule has 2 nitrogen and oxygen atoms in total. The molecule has 0 saturated heterocycles. The molecule has 2 heteroatoms. The number of nitrogens with zero attached hydrogens (tertiary/aromatic N) is 1. The third-order valence-corrected chi connectivity index (χ3v) is 2.99. The first-order valence-electron chi connectivity index (χ1n) is 5.83. The van der Waals surface area contributed by atoms with E-state index in [1.807, 2.05) is 35.2 Å². The molecule has 0 fully saturated rings. The SMILES string of the molecule is CCC1=CCCN(C(=O)c2ccccc2)C1. The van der Waals surface area contributed by atoms with Gasteiger partial charge in [0.1, 0.15) is 0 Å². The summed E-state index contributed by atoms with van der Waals surface area (Å²) in [6.45, 7) is 3.78. The monoisotopic (exact) mass is 215 g/mol. The molecule has 84 valence electrons. The quantitative estimate of drug-likeness (QED) is 0.695. The standard InChI is InChI=1S/C14H17NO/c1-2-12-7-6-10-15(11-12)14(16)13-8-4-3-5-9-13/h3-5,7-9H,2,6,10-11H2,1H3. The molecule has 1 aliphatic heterocycles. The number of carbonyl (C=O) groups excluding carboxylic acids is 1. The molecule has 0 bridgehead atoms. The van der Waals surface area contributed by atoms with E-state index in [2.05, 4.69) is 13.0 Å². The van der Waals surface area contributed by atoms with Crippen molar-refractivity contribution in [2.45, 2.75) is 19.8 Å². The van der Waals surface area contributed by atoms with Crippen molar-refractivity contribution in [2.75, 3.05) is 13.1 Å². The van der Waals surface area contributed by atoms with Crippen molar-refractivity contribution >= 4 is 5.91 Å². The van der Waals surface area contributed by atoms with Crippen LogP contribution in [0.1, 0.15) is 30.1 Å². The van der Waals surface area contributed by atoms with Crippen LogP contribution in [0.2, 0.25) is 0 Å². The average Bonchev–Trinajstić information content (AvgIpc) is 2.39. The molecular weight excluding hydrogens is 198 g/mol. The number of rotatable bonds is 2. The molecule has 0 atom stereocenters. The Kier molecular flexibility index (Phi) is 3.40. The van der Waals surface area contributed by atoms with Crippen LogP contribution in [0.5, 0.6) is 0 Å². The lowest BCUT2D eigenvalue weighted by Crippen LogP contribution is -2.35. The minimum Gasteiger partial charge on any atom is -0.334 e. The van der Waals surface area contributed by atoms with Crippen molar-refractivity contribution in [2.24, 2.45) is 0 Å². The normalized spacial score (nSPS) is 15.8. The van der Waals surface area contributed by atoms with E-state index in [0.29, 0.717) is 0 Å². The lowest BCUT2D eigenvalue weighted by Gasteiger charge is -2.27. The second kappa shape index (κ2) is 4.97. The van der Waals surface area contributed by atoms with Crippen LogP contribution in [-0.2, 0) is 0 Å². The summed E-state index contributed by atoms with van der Waals surface area (Å²) < 4.78 is 0. The fraction of sp³-hybridized carbons (Fsp3) is 0.357. The first kappa shape index (κ1) is 10.9. The molecule has 0 aliphatic carbocycles. The molecule has 0 unspecified atom stereocenters. The van der Waals surface area contributed by atoms with Gasteiger partial charge in [-0.3, -0.25) is 4.79 Å². The molecule has 0 spiro atoms. The van der Waals surface area contributed by atoms with Crippen LogP contribution in [0.4, 0.5) is 0 Å². The van der Waals surface area contributed by atoms with Crippen molar-refractivity contribution in [3.8, 4) is 0 Å².